The van der Waals surface area contributed by atoms with Crippen molar-refractivity contribution in [1.29, 1.82) is 0 Å². The van der Waals surface area contributed by atoms with Gasteiger partial charge in [0, 0.05) is 23.4 Å². The lowest BCUT2D eigenvalue weighted by Gasteiger charge is -2.14. The molecule has 0 aliphatic heterocycles. The summed E-state index contributed by atoms with van der Waals surface area (Å²) in [6, 6.07) is 6.32. The van der Waals surface area contributed by atoms with Gasteiger partial charge in [-0.15, -0.1) is 11.3 Å². The quantitative estimate of drug-likeness (QED) is 0.329. The van der Waals surface area contributed by atoms with E-state index in [1.807, 2.05) is 12.3 Å². The van der Waals surface area contributed by atoms with Crippen LogP contribution in [0.2, 0.25) is 0 Å². The lowest BCUT2D eigenvalue weighted by atomic mass is 10.2. The average Bonchev–Trinajstić information content (AvgIpc) is 2.90. The van der Waals surface area contributed by atoms with Crippen molar-refractivity contribution in [1.82, 2.24) is 9.97 Å². The first-order chi connectivity index (χ1) is 9.21. The second kappa shape index (κ2) is 6.74. The van der Waals surface area contributed by atoms with Crippen LogP contribution < -0.4 is 16.6 Å². The molecule has 2 heterocycles. The van der Waals surface area contributed by atoms with Crippen molar-refractivity contribution in [2.45, 2.75) is 24.5 Å². The van der Waals surface area contributed by atoms with Gasteiger partial charge in [0.2, 0.25) is 0 Å². The van der Waals surface area contributed by atoms with Crippen molar-refractivity contribution in [3.63, 3.8) is 0 Å². The Bertz CT molecular complexity index is 493. The molecule has 1 atom stereocenters. The van der Waals surface area contributed by atoms with Crippen LogP contribution in [0.15, 0.2) is 28.7 Å². The predicted octanol–water partition coefficient (Wildman–Crippen LogP) is 2.59. The molecule has 2 aromatic heterocycles. The molecule has 0 saturated heterocycles. The molecule has 7 heteroatoms. The predicted molar refractivity (Wildman–Crippen MR) is 82.7 cm³/mol. The molecule has 0 aliphatic carbocycles. The fourth-order valence-electron chi connectivity index (χ4n) is 1.70. The number of thiophene rings is 1. The molecular weight excluding hydrogens is 278 g/mol. The molecule has 5 nitrogen and oxygen atoms in total. The molecule has 0 radical (unpaired) electrons. The Balaban J connectivity index is 2.05. The highest BCUT2D eigenvalue weighted by Crippen LogP contribution is 2.18. The van der Waals surface area contributed by atoms with E-state index in [1.54, 1.807) is 11.3 Å². The van der Waals surface area contributed by atoms with Gasteiger partial charge in [0.1, 0.15) is 11.6 Å². The molecule has 0 aliphatic rings. The minimum Gasteiger partial charge on any atom is -0.367 e. The molecule has 0 bridgehead atoms. The highest BCUT2D eigenvalue weighted by atomic mass is 32.2. The van der Waals surface area contributed by atoms with Gasteiger partial charge in [-0.2, -0.15) is 0 Å². The Morgan fingerprint density at radius 1 is 1.42 bits per heavy atom. The van der Waals surface area contributed by atoms with E-state index < -0.39 is 0 Å². The summed E-state index contributed by atoms with van der Waals surface area (Å²) in [7, 11) is 0. The Hall–Kier alpha value is -1.31. The lowest BCUT2D eigenvalue weighted by Crippen LogP contribution is -2.19. The normalized spacial score (nSPS) is 12.2. The summed E-state index contributed by atoms with van der Waals surface area (Å²) in [5.41, 5.74) is 2.56. The van der Waals surface area contributed by atoms with Gasteiger partial charge in [-0.05, 0) is 24.6 Å². The maximum atomic E-state index is 5.41. The largest absolute Gasteiger partial charge is 0.367 e. The Morgan fingerprint density at radius 2 is 2.21 bits per heavy atom. The molecule has 2 aromatic rings. The van der Waals surface area contributed by atoms with E-state index in [1.165, 1.54) is 16.6 Å². The van der Waals surface area contributed by atoms with Gasteiger partial charge >= 0.3 is 0 Å². The Morgan fingerprint density at radius 3 is 2.84 bits per heavy atom. The smallest absolute Gasteiger partial charge is 0.191 e. The monoisotopic (exact) mass is 295 g/mol. The van der Waals surface area contributed by atoms with Crippen LogP contribution in [-0.2, 0) is 6.42 Å². The number of hydrogen-bond donors (Lipinski definition) is 3. The molecular formula is C12H17N5S2. The van der Waals surface area contributed by atoms with E-state index in [0.717, 1.165) is 12.2 Å². The molecule has 0 fully saturated rings. The van der Waals surface area contributed by atoms with Gasteiger partial charge in [-0.3, -0.25) is 0 Å². The molecule has 102 valence electrons. The fourth-order valence-corrected chi connectivity index (χ4v) is 2.91. The van der Waals surface area contributed by atoms with Gasteiger partial charge in [0.15, 0.2) is 5.16 Å². The van der Waals surface area contributed by atoms with Gasteiger partial charge in [-0.25, -0.2) is 15.8 Å². The number of aromatic nitrogens is 2. The molecule has 2 rings (SSSR count). The molecule has 19 heavy (non-hydrogen) atoms. The van der Waals surface area contributed by atoms with Crippen LogP contribution in [0.4, 0.5) is 11.6 Å². The van der Waals surface area contributed by atoms with Crippen LogP contribution in [0.5, 0.6) is 0 Å². The summed E-state index contributed by atoms with van der Waals surface area (Å²) in [5, 5.41) is 6.16. The number of hydrogen-bond acceptors (Lipinski definition) is 7. The summed E-state index contributed by atoms with van der Waals surface area (Å²) < 4.78 is 0. The average molecular weight is 295 g/mol. The maximum absolute atomic E-state index is 5.41. The zero-order chi connectivity index (χ0) is 13.7. The second-order valence-electron chi connectivity index (χ2n) is 4.10. The number of nitrogens with one attached hydrogen (secondary N) is 2. The van der Waals surface area contributed by atoms with Crippen molar-refractivity contribution in [3.05, 3.63) is 28.5 Å². The number of anilines is 2. The van der Waals surface area contributed by atoms with Crippen molar-refractivity contribution < 1.29 is 0 Å². The number of nitrogens with two attached hydrogens (primary N) is 1. The molecule has 0 amide bonds. The minimum absolute atomic E-state index is 0.300. The SMILES string of the molecule is CSc1nc(NN)cc(NC(C)Cc2cccs2)n1. The van der Waals surface area contributed by atoms with Crippen molar-refractivity contribution in [2.24, 2.45) is 5.84 Å². The van der Waals surface area contributed by atoms with Crippen LogP contribution in [0.25, 0.3) is 0 Å². The number of thioether (sulfide) groups is 1. The first kappa shape index (κ1) is 14.1. The molecule has 1 unspecified atom stereocenters. The number of hydrazine groups is 1. The molecule has 0 aromatic carbocycles. The van der Waals surface area contributed by atoms with Gasteiger partial charge in [0.25, 0.3) is 0 Å². The van der Waals surface area contributed by atoms with E-state index in [0.29, 0.717) is 17.0 Å². The summed E-state index contributed by atoms with van der Waals surface area (Å²) in [5.74, 6) is 6.81. The van der Waals surface area contributed by atoms with Gasteiger partial charge in [0.05, 0.1) is 0 Å². The van der Waals surface area contributed by atoms with Crippen LogP contribution in [0.1, 0.15) is 11.8 Å². The van der Waals surface area contributed by atoms with Crippen molar-refractivity contribution in [2.75, 3.05) is 17.0 Å². The number of nitrogen functional groups attached to an aromatic ring is 1. The summed E-state index contributed by atoms with van der Waals surface area (Å²) >= 11 is 3.26. The molecule has 0 saturated carbocycles. The standard InChI is InChI=1S/C12H17N5S2/c1-8(6-9-4-3-5-19-9)14-10-7-11(17-13)16-12(15-10)18-2/h3-5,7-8H,6,13H2,1-2H3,(H2,14,15,16,17). The van der Waals surface area contributed by atoms with Crippen LogP contribution >= 0.6 is 23.1 Å². The first-order valence-electron chi connectivity index (χ1n) is 5.90. The van der Waals surface area contributed by atoms with Crippen LogP contribution in [-0.4, -0.2) is 22.3 Å². The summed E-state index contributed by atoms with van der Waals surface area (Å²) in [6.45, 7) is 2.14. The van der Waals surface area contributed by atoms with E-state index >= 15 is 0 Å². The highest BCUT2D eigenvalue weighted by Gasteiger charge is 2.08. The number of rotatable bonds is 6. The summed E-state index contributed by atoms with van der Waals surface area (Å²) in [6.07, 6.45) is 2.91. The third kappa shape index (κ3) is 4.09. The first-order valence-corrected chi connectivity index (χ1v) is 8.00. The Labute approximate surface area is 121 Å². The molecule has 0 spiro atoms. The maximum Gasteiger partial charge on any atom is 0.191 e. The molecule has 4 N–H and O–H groups in total. The minimum atomic E-state index is 0.300. The van der Waals surface area contributed by atoms with Crippen molar-refractivity contribution in [3.8, 4) is 0 Å². The van der Waals surface area contributed by atoms with Gasteiger partial charge in [-0.1, -0.05) is 17.8 Å². The van der Waals surface area contributed by atoms with E-state index in [4.69, 9.17) is 5.84 Å². The van der Waals surface area contributed by atoms with Crippen LogP contribution in [0.3, 0.4) is 0 Å². The second-order valence-corrected chi connectivity index (χ2v) is 5.90. The third-order valence-electron chi connectivity index (χ3n) is 2.52. The highest BCUT2D eigenvalue weighted by molar-refractivity contribution is 7.98. The van der Waals surface area contributed by atoms with Crippen molar-refractivity contribution >= 4 is 34.7 Å². The zero-order valence-corrected chi connectivity index (χ0v) is 12.5. The Kier molecular flexibility index (Phi) is 5.00. The van der Waals surface area contributed by atoms with Gasteiger partial charge < -0.3 is 10.7 Å². The topological polar surface area (TPSA) is 75.9 Å². The third-order valence-corrected chi connectivity index (χ3v) is 3.96. The lowest BCUT2D eigenvalue weighted by molar-refractivity contribution is 0.787. The summed E-state index contributed by atoms with van der Waals surface area (Å²) in [4.78, 5) is 10.0. The van der Waals surface area contributed by atoms with E-state index in [2.05, 4.69) is 45.1 Å². The zero-order valence-electron chi connectivity index (χ0n) is 10.9. The van der Waals surface area contributed by atoms with Crippen LogP contribution in [0, 0.1) is 0 Å². The van der Waals surface area contributed by atoms with E-state index in [-0.39, 0.29) is 0 Å². The fraction of sp³-hybridized carbons (Fsp3) is 0.333. The number of nitrogens with zero attached hydrogens (tertiary/aromatic N) is 2. The van der Waals surface area contributed by atoms with E-state index in [9.17, 15) is 0 Å².